The number of aliphatic hydroxyl groups is 2. The number of halogens is 2. The Bertz CT molecular complexity index is 1270. The molecule has 0 spiro atoms. The number of hydrogen-bond acceptors (Lipinski definition) is 10. The summed E-state index contributed by atoms with van der Waals surface area (Å²) in [6.07, 6.45) is -0.170. The molecule has 2 N–H and O–H groups in total. The van der Waals surface area contributed by atoms with E-state index < -0.39 is 54.2 Å². The summed E-state index contributed by atoms with van der Waals surface area (Å²) in [5.74, 6) is -2.00. The fourth-order valence-electron chi connectivity index (χ4n) is 5.04. The molecule has 206 valence electrons. The maximum Gasteiger partial charge on any atom is 0.168 e. The van der Waals surface area contributed by atoms with E-state index in [1.807, 2.05) is 0 Å². The quantitative estimate of drug-likeness (QED) is 0.396. The maximum absolute atomic E-state index is 14.6. The first-order chi connectivity index (χ1) is 18.3. The number of ether oxygens (including phenoxy) is 4. The monoisotopic (exact) mass is 536 g/mol. The van der Waals surface area contributed by atoms with Gasteiger partial charge in [-0.05, 0) is 18.6 Å². The van der Waals surface area contributed by atoms with E-state index in [0.717, 1.165) is 0 Å². The van der Waals surface area contributed by atoms with Gasteiger partial charge in [-0.1, -0.05) is 16.5 Å². The minimum Gasteiger partial charge on any atom is -0.394 e. The van der Waals surface area contributed by atoms with Crippen LogP contribution in [0.3, 0.4) is 0 Å². The molecule has 0 amide bonds. The molecule has 4 heterocycles. The van der Waals surface area contributed by atoms with Gasteiger partial charge < -0.3 is 29.2 Å². The van der Waals surface area contributed by atoms with Crippen LogP contribution in [0.4, 0.5) is 8.78 Å². The Morgan fingerprint density at radius 2 is 1.89 bits per heavy atom. The number of aromatic nitrogens is 6. The third kappa shape index (κ3) is 4.61. The highest BCUT2D eigenvalue weighted by atomic mass is 19.2. The second-order valence-electron chi connectivity index (χ2n) is 9.73. The van der Waals surface area contributed by atoms with Gasteiger partial charge in [0.15, 0.2) is 11.6 Å². The summed E-state index contributed by atoms with van der Waals surface area (Å²) < 4.78 is 54.2. The normalized spacial score (nSPS) is 26.9. The molecule has 5 atom stereocenters. The number of aliphatic hydroxyl groups excluding tert-OH is 2. The summed E-state index contributed by atoms with van der Waals surface area (Å²) in [7, 11) is 3.07. The zero-order chi connectivity index (χ0) is 27.0. The van der Waals surface area contributed by atoms with Crippen LogP contribution in [0.25, 0.3) is 11.3 Å². The van der Waals surface area contributed by atoms with Gasteiger partial charge in [0.25, 0.3) is 0 Å². The van der Waals surface area contributed by atoms with Gasteiger partial charge >= 0.3 is 0 Å². The van der Waals surface area contributed by atoms with E-state index in [4.69, 9.17) is 18.9 Å². The van der Waals surface area contributed by atoms with Crippen molar-refractivity contribution in [3.8, 4) is 11.3 Å². The van der Waals surface area contributed by atoms with Crippen molar-refractivity contribution in [1.29, 1.82) is 0 Å². The molecule has 5 rings (SSSR count). The van der Waals surface area contributed by atoms with E-state index in [9.17, 15) is 19.0 Å². The molecular formula is C24H30F2N6O6. The fourth-order valence-corrected chi connectivity index (χ4v) is 5.04. The first-order valence-electron chi connectivity index (χ1n) is 12.1. The maximum atomic E-state index is 14.6. The SMILES string of the molecule is COCC1(n2cc(C[C@H]3O[C@H](CO)[C@H](O)[C@H](n4cc(-c5ccc(C)c(F)c5F)nn4)[C@H]3OC)nn2)COC1. The minimum atomic E-state index is -1.23. The van der Waals surface area contributed by atoms with E-state index in [-0.39, 0.29) is 23.2 Å². The molecule has 12 nitrogen and oxygen atoms in total. The lowest BCUT2D eigenvalue weighted by Crippen LogP contribution is -2.57. The second-order valence-corrected chi connectivity index (χ2v) is 9.73. The lowest BCUT2D eigenvalue weighted by molar-refractivity contribution is -0.212. The van der Waals surface area contributed by atoms with Crippen LogP contribution in [-0.2, 0) is 30.9 Å². The van der Waals surface area contributed by atoms with E-state index >= 15 is 0 Å². The lowest BCUT2D eigenvalue weighted by atomic mass is 9.90. The fraction of sp³-hybridized carbons (Fsp3) is 0.583. The van der Waals surface area contributed by atoms with Crippen molar-refractivity contribution in [1.82, 2.24) is 30.0 Å². The van der Waals surface area contributed by atoms with Gasteiger partial charge in [0, 0.05) is 32.4 Å². The molecular weight excluding hydrogens is 506 g/mol. The molecule has 1 aromatic carbocycles. The van der Waals surface area contributed by atoms with Crippen LogP contribution in [-0.4, -0.2) is 105 Å². The second kappa shape index (κ2) is 10.7. The van der Waals surface area contributed by atoms with Crippen LogP contribution >= 0.6 is 0 Å². The van der Waals surface area contributed by atoms with Crippen molar-refractivity contribution < 1.29 is 37.9 Å². The summed E-state index contributed by atoms with van der Waals surface area (Å²) in [5, 5.41) is 37.6. The smallest absolute Gasteiger partial charge is 0.168 e. The van der Waals surface area contributed by atoms with Crippen LogP contribution in [0.2, 0.25) is 0 Å². The van der Waals surface area contributed by atoms with Crippen molar-refractivity contribution in [2.45, 2.75) is 49.3 Å². The van der Waals surface area contributed by atoms with Crippen molar-refractivity contribution in [2.75, 3.05) is 40.6 Å². The largest absolute Gasteiger partial charge is 0.394 e. The van der Waals surface area contributed by atoms with Gasteiger partial charge in [0.05, 0.1) is 44.4 Å². The number of benzene rings is 1. The first-order valence-corrected chi connectivity index (χ1v) is 12.1. The van der Waals surface area contributed by atoms with Crippen LogP contribution < -0.4 is 0 Å². The standard InChI is InChI=1S/C24H30F2N6O6/c1-13-4-5-15(20(26)19(13)25)16-8-31(29-28-16)21-22(34)18(9-33)38-17(23(21)36-3)6-14-7-32(30-27-14)24(10-35-2)11-37-12-24/h4-5,7-8,17-18,21-23,33-34H,6,9-12H2,1-3H3/t17-,18-,21+,22+,23+/m1/s1. The Kier molecular flexibility index (Phi) is 7.53. The molecule has 2 aromatic heterocycles. The molecule has 0 radical (unpaired) electrons. The first kappa shape index (κ1) is 26.7. The molecule has 0 unspecified atom stereocenters. The Labute approximate surface area is 217 Å². The Hall–Kier alpha value is -2.88. The van der Waals surface area contributed by atoms with Crippen molar-refractivity contribution in [3.63, 3.8) is 0 Å². The zero-order valence-corrected chi connectivity index (χ0v) is 21.2. The van der Waals surface area contributed by atoms with E-state index in [2.05, 4.69) is 20.6 Å². The Balaban J connectivity index is 1.42. The van der Waals surface area contributed by atoms with Gasteiger partial charge in [0.2, 0.25) is 0 Å². The van der Waals surface area contributed by atoms with Crippen LogP contribution in [0, 0.1) is 18.6 Å². The minimum absolute atomic E-state index is 0.0632. The summed E-state index contributed by atoms with van der Waals surface area (Å²) in [6, 6.07) is 2.01. The molecule has 2 saturated heterocycles. The predicted molar refractivity (Wildman–Crippen MR) is 126 cm³/mol. The molecule has 0 aliphatic carbocycles. The van der Waals surface area contributed by atoms with Crippen molar-refractivity contribution in [2.24, 2.45) is 0 Å². The number of aryl methyl sites for hydroxylation is 1. The Morgan fingerprint density at radius 1 is 1.11 bits per heavy atom. The predicted octanol–water partition coefficient (Wildman–Crippen LogP) is 0.415. The average Bonchev–Trinajstić information content (AvgIpc) is 3.55. The van der Waals surface area contributed by atoms with E-state index in [0.29, 0.717) is 25.5 Å². The highest BCUT2D eigenvalue weighted by Crippen LogP contribution is 2.35. The lowest BCUT2D eigenvalue weighted by Gasteiger charge is -2.43. The van der Waals surface area contributed by atoms with Gasteiger partial charge in [0.1, 0.15) is 35.6 Å². The molecule has 14 heteroatoms. The zero-order valence-electron chi connectivity index (χ0n) is 21.2. The molecule has 2 aliphatic heterocycles. The molecule has 3 aromatic rings. The molecule has 0 bridgehead atoms. The van der Waals surface area contributed by atoms with Gasteiger partial charge in [-0.2, -0.15) is 0 Å². The third-order valence-electron chi connectivity index (χ3n) is 7.19. The number of rotatable bonds is 9. The topological polar surface area (TPSA) is 139 Å². The molecule has 0 saturated carbocycles. The number of hydrogen-bond donors (Lipinski definition) is 2. The van der Waals surface area contributed by atoms with Gasteiger partial charge in [-0.15, -0.1) is 10.2 Å². The summed E-state index contributed by atoms with van der Waals surface area (Å²) in [6.45, 7) is 2.31. The van der Waals surface area contributed by atoms with Crippen molar-refractivity contribution >= 4 is 0 Å². The van der Waals surface area contributed by atoms with Crippen LogP contribution in [0.5, 0.6) is 0 Å². The highest BCUT2D eigenvalue weighted by molar-refractivity contribution is 5.59. The van der Waals surface area contributed by atoms with E-state index in [1.54, 1.807) is 18.0 Å². The molecule has 38 heavy (non-hydrogen) atoms. The third-order valence-corrected chi connectivity index (χ3v) is 7.19. The highest BCUT2D eigenvalue weighted by Gasteiger charge is 2.48. The Morgan fingerprint density at radius 3 is 2.55 bits per heavy atom. The molecule has 2 aliphatic rings. The summed E-state index contributed by atoms with van der Waals surface area (Å²) in [5.41, 5.74) is 0.361. The summed E-state index contributed by atoms with van der Waals surface area (Å²) >= 11 is 0. The summed E-state index contributed by atoms with van der Waals surface area (Å²) in [4.78, 5) is 0. The average molecular weight is 537 g/mol. The van der Waals surface area contributed by atoms with E-state index in [1.165, 1.54) is 37.0 Å². The number of methoxy groups -OCH3 is 2. The number of nitrogens with zero attached hydrogens (tertiary/aromatic N) is 6. The van der Waals surface area contributed by atoms with Gasteiger partial charge in [-0.25, -0.2) is 18.1 Å². The van der Waals surface area contributed by atoms with Gasteiger partial charge in [-0.3, -0.25) is 0 Å². The molecule has 2 fully saturated rings. The van der Waals surface area contributed by atoms with Crippen LogP contribution in [0.15, 0.2) is 24.5 Å². The van der Waals surface area contributed by atoms with Crippen LogP contribution in [0.1, 0.15) is 17.3 Å². The van der Waals surface area contributed by atoms with Crippen molar-refractivity contribution in [3.05, 3.63) is 47.4 Å².